The average Bonchev–Trinajstić information content (AvgIpc) is 2.55. The fraction of sp³-hybridized carbons (Fsp3) is 0.294. The Morgan fingerprint density at radius 1 is 1.17 bits per heavy atom. The molecular weight excluding hydrogens is 314 g/mol. The molecule has 0 saturated carbocycles. The van der Waals surface area contributed by atoms with E-state index in [9.17, 15) is 10.1 Å². The zero-order chi connectivity index (χ0) is 16.4. The van der Waals surface area contributed by atoms with Gasteiger partial charge < -0.3 is 14.2 Å². The van der Waals surface area contributed by atoms with Crippen LogP contribution in [0.25, 0.3) is 11.3 Å². The molecule has 0 aliphatic carbocycles. The Morgan fingerprint density at radius 3 is 2.43 bits per heavy atom. The maximum atomic E-state index is 12.2. The summed E-state index contributed by atoms with van der Waals surface area (Å²) in [5.41, 5.74) is 0.856. The van der Waals surface area contributed by atoms with Gasteiger partial charge in [0.2, 0.25) is 0 Å². The maximum Gasteiger partial charge on any atom is 0.356 e. The lowest BCUT2D eigenvalue weighted by Crippen LogP contribution is -2.45. The summed E-state index contributed by atoms with van der Waals surface area (Å²) in [5, 5.41) is 9.93. The Hall–Kier alpha value is -2.29. The van der Waals surface area contributed by atoms with E-state index in [0.717, 1.165) is 31.7 Å². The van der Waals surface area contributed by atoms with Gasteiger partial charge in [0, 0.05) is 42.8 Å². The maximum absolute atomic E-state index is 12.2. The number of likely N-dealkylation sites (N-methyl/N-ethyl adjacent to an activating group) is 1. The molecule has 5 nitrogen and oxygen atoms in total. The van der Waals surface area contributed by atoms with Crippen LogP contribution in [0.15, 0.2) is 39.5 Å². The molecule has 6 heteroatoms. The van der Waals surface area contributed by atoms with Gasteiger partial charge in [0.15, 0.2) is 5.56 Å². The Balaban J connectivity index is 2.05. The summed E-state index contributed by atoms with van der Waals surface area (Å²) in [6, 6.07) is 10.8. The third-order valence-corrected chi connectivity index (χ3v) is 4.27. The lowest BCUT2D eigenvalue weighted by atomic mass is 10.1. The fourth-order valence-corrected chi connectivity index (χ4v) is 2.76. The lowest BCUT2D eigenvalue weighted by Gasteiger charge is -2.34. The molecule has 3 rings (SSSR count). The van der Waals surface area contributed by atoms with E-state index in [2.05, 4.69) is 16.8 Å². The largest absolute Gasteiger partial charge is 0.422 e. The van der Waals surface area contributed by atoms with Gasteiger partial charge in [-0.25, -0.2) is 4.79 Å². The Labute approximate surface area is 139 Å². The summed E-state index contributed by atoms with van der Waals surface area (Å²) in [7, 11) is 2.06. The highest BCUT2D eigenvalue weighted by atomic mass is 35.5. The molecule has 0 unspecified atom stereocenters. The van der Waals surface area contributed by atoms with Crippen LogP contribution >= 0.6 is 11.6 Å². The van der Waals surface area contributed by atoms with Crippen molar-refractivity contribution in [1.82, 2.24) is 4.90 Å². The van der Waals surface area contributed by atoms with Crippen LogP contribution in [-0.4, -0.2) is 38.1 Å². The molecule has 1 aliphatic rings. The molecule has 0 amide bonds. The van der Waals surface area contributed by atoms with E-state index >= 15 is 0 Å². The molecule has 23 heavy (non-hydrogen) atoms. The first-order valence-corrected chi connectivity index (χ1v) is 7.74. The smallest absolute Gasteiger partial charge is 0.356 e. The molecular formula is C17H16ClN3O2. The number of hydrogen-bond acceptors (Lipinski definition) is 5. The monoisotopic (exact) mass is 329 g/mol. The van der Waals surface area contributed by atoms with Crippen molar-refractivity contribution in [3.8, 4) is 17.4 Å². The first kappa shape index (κ1) is 15.6. The third-order valence-electron chi connectivity index (χ3n) is 4.02. The van der Waals surface area contributed by atoms with Gasteiger partial charge in [0.25, 0.3) is 0 Å². The normalized spacial score (nSPS) is 15.4. The van der Waals surface area contributed by atoms with Crippen LogP contribution < -0.4 is 10.5 Å². The van der Waals surface area contributed by atoms with Gasteiger partial charge in [0.05, 0.1) is 5.69 Å². The molecule has 2 aromatic rings. The summed E-state index contributed by atoms with van der Waals surface area (Å²) in [6.07, 6.45) is 0. The first-order valence-electron chi connectivity index (χ1n) is 7.36. The highest BCUT2D eigenvalue weighted by Gasteiger charge is 2.21. The van der Waals surface area contributed by atoms with Crippen molar-refractivity contribution in [3.05, 3.63) is 51.3 Å². The Kier molecular flexibility index (Phi) is 4.37. The van der Waals surface area contributed by atoms with Crippen LogP contribution in [0.1, 0.15) is 5.56 Å². The van der Waals surface area contributed by atoms with Gasteiger partial charge in [0.1, 0.15) is 11.8 Å². The molecule has 2 heterocycles. The van der Waals surface area contributed by atoms with Gasteiger partial charge in [-0.1, -0.05) is 11.6 Å². The van der Waals surface area contributed by atoms with Crippen molar-refractivity contribution >= 4 is 17.3 Å². The van der Waals surface area contributed by atoms with Gasteiger partial charge in [-0.2, -0.15) is 5.26 Å². The lowest BCUT2D eigenvalue weighted by molar-refractivity contribution is 0.312. The van der Waals surface area contributed by atoms with E-state index in [1.54, 1.807) is 30.3 Å². The number of nitriles is 1. The van der Waals surface area contributed by atoms with Crippen LogP contribution in [0.5, 0.6) is 0 Å². The molecule has 0 atom stereocenters. The average molecular weight is 330 g/mol. The first-order chi connectivity index (χ1) is 11.1. The molecule has 0 radical (unpaired) electrons. The second-order valence-corrected chi connectivity index (χ2v) is 6.00. The van der Waals surface area contributed by atoms with E-state index < -0.39 is 5.63 Å². The van der Waals surface area contributed by atoms with Crippen LogP contribution in [0.3, 0.4) is 0 Å². The van der Waals surface area contributed by atoms with Crippen LogP contribution in [-0.2, 0) is 0 Å². The number of benzene rings is 1. The summed E-state index contributed by atoms with van der Waals surface area (Å²) < 4.78 is 5.32. The standard InChI is InChI=1S/C17H16ClN3O2/c1-20-6-8-21(9-7-20)15-10-16(23-17(22)14(15)11-19)12-2-4-13(18)5-3-12/h2-5,10H,6-9H2,1H3. The van der Waals surface area contributed by atoms with Gasteiger partial charge in [-0.05, 0) is 31.3 Å². The molecule has 0 bridgehead atoms. The molecule has 0 spiro atoms. The van der Waals surface area contributed by atoms with Crippen LogP contribution in [0.2, 0.25) is 5.02 Å². The van der Waals surface area contributed by atoms with E-state index in [1.165, 1.54) is 0 Å². The predicted octanol–water partition coefficient (Wildman–Crippen LogP) is 2.58. The topological polar surface area (TPSA) is 60.5 Å². The van der Waals surface area contributed by atoms with Crippen LogP contribution in [0.4, 0.5) is 5.69 Å². The number of piperazine rings is 1. The van der Waals surface area contributed by atoms with Gasteiger partial charge in [-0.15, -0.1) is 0 Å². The second kappa shape index (κ2) is 6.45. The number of halogens is 1. The van der Waals surface area contributed by atoms with Crippen LogP contribution in [0, 0.1) is 11.3 Å². The quantitative estimate of drug-likeness (QED) is 0.847. The summed E-state index contributed by atoms with van der Waals surface area (Å²) in [5.74, 6) is 0.444. The molecule has 1 fully saturated rings. The summed E-state index contributed by atoms with van der Waals surface area (Å²) in [6.45, 7) is 3.33. The van der Waals surface area contributed by atoms with Gasteiger partial charge >= 0.3 is 5.63 Å². The third kappa shape index (κ3) is 3.24. The minimum Gasteiger partial charge on any atom is -0.422 e. The molecule has 118 valence electrons. The van der Waals surface area contributed by atoms with Gasteiger partial charge in [-0.3, -0.25) is 0 Å². The summed E-state index contributed by atoms with van der Waals surface area (Å²) in [4.78, 5) is 16.5. The summed E-state index contributed by atoms with van der Waals surface area (Å²) >= 11 is 5.90. The number of hydrogen-bond donors (Lipinski definition) is 0. The van der Waals surface area contributed by atoms with Crippen molar-refractivity contribution < 1.29 is 4.42 Å². The predicted molar refractivity (Wildman–Crippen MR) is 89.8 cm³/mol. The van der Waals surface area contributed by atoms with Crippen molar-refractivity contribution in [2.24, 2.45) is 0 Å². The SMILES string of the molecule is CN1CCN(c2cc(-c3ccc(Cl)cc3)oc(=O)c2C#N)CC1. The zero-order valence-corrected chi connectivity index (χ0v) is 13.5. The number of nitrogens with zero attached hydrogens (tertiary/aromatic N) is 3. The van der Waals surface area contributed by atoms with E-state index in [0.29, 0.717) is 16.5 Å². The second-order valence-electron chi connectivity index (χ2n) is 5.57. The highest BCUT2D eigenvalue weighted by Crippen LogP contribution is 2.27. The van der Waals surface area contributed by atoms with E-state index in [1.807, 2.05) is 6.07 Å². The molecule has 1 aromatic carbocycles. The molecule has 0 N–H and O–H groups in total. The van der Waals surface area contributed by atoms with Crippen molar-refractivity contribution in [2.75, 3.05) is 38.1 Å². The zero-order valence-electron chi connectivity index (χ0n) is 12.8. The molecule has 1 saturated heterocycles. The minimum absolute atomic E-state index is 0.0623. The van der Waals surface area contributed by atoms with E-state index in [4.69, 9.17) is 16.0 Å². The molecule has 1 aromatic heterocycles. The van der Waals surface area contributed by atoms with Crippen molar-refractivity contribution in [1.29, 1.82) is 5.26 Å². The fourth-order valence-electron chi connectivity index (χ4n) is 2.64. The minimum atomic E-state index is -0.603. The molecule has 1 aliphatic heterocycles. The number of rotatable bonds is 2. The van der Waals surface area contributed by atoms with Crippen molar-refractivity contribution in [3.63, 3.8) is 0 Å². The Morgan fingerprint density at radius 2 is 1.83 bits per heavy atom. The van der Waals surface area contributed by atoms with E-state index in [-0.39, 0.29) is 5.56 Å². The van der Waals surface area contributed by atoms with Crippen molar-refractivity contribution in [2.45, 2.75) is 0 Å². The Bertz CT molecular complexity index is 800. The number of anilines is 1. The highest BCUT2D eigenvalue weighted by molar-refractivity contribution is 6.30.